The minimum Gasteiger partial charge on any atom is -0.483 e. The van der Waals surface area contributed by atoms with Crippen molar-refractivity contribution >= 4 is 27.7 Å². The molecule has 1 aliphatic rings. The predicted molar refractivity (Wildman–Crippen MR) is 140 cm³/mol. The molecule has 0 radical (unpaired) electrons. The fourth-order valence-electron chi connectivity index (χ4n) is 4.46. The summed E-state index contributed by atoms with van der Waals surface area (Å²) >= 11 is 3.56. The Balaban J connectivity index is 1.74. The number of benzene rings is 2. The number of nitrogens with one attached hydrogen (secondary N) is 1. The maximum Gasteiger partial charge on any atom is 0.261 e. The summed E-state index contributed by atoms with van der Waals surface area (Å²) in [6, 6.07) is 15.4. The van der Waals surface area contributed by atoms with Crippen LogP contribution in [0.3, 0.4) is 0 Å². The van der Waals surface area contributed by atoms with Gasteiger partial charge in [-0.05, 0) is 64.4 Å². The van der Waals surface area contributed by atoms with Gasteiger partial charge < -0.3 is 15.0 Å². The zero-order valence-electron chi connectivity index (χ0n) is 20.6. The van der Waals surface area contributed by atoms with Gasteiger partial charge in [0.25, 0.3) is 5.91 Å². The molecule has 0 spiro atoms. The molecule has 1 N–H and O–H groups in total. The molecule has 3 rings (SSSR count). The van der Waals surface area contributed by atoms with Crippen molar-refractivity contribution in [1.29, 1.82) is 0 Å². The summed E-state index contributed by atoms with van der Waals surface area (Å²) in [5.74, 6) is 0.758. The van der Waals surface area contributed by atoms with Crippen LogP contribution in [0.15, 0.2) is 53.0 Å². The molecule has 2 aromatic rings. The fourth-order valence-corrected chi connectivity index (χ4v) is 4.97. The summed E-state index contributed by atoms with van der Waals surface area (Å²) in [7, 11) is 0. The lowest BCUT2D eigenvalue weighted by Crippen LogP contribution is -2.52. The molecular formula is C28H37BrN2O3. The van der Waals surface area contributed by atoms with E-state index >= 15 is 0 Å². The number of hydrogen-bond donors (Lipinski definition) is 1. The number of carbonyl (C=O) groups excluding carboxylic acids is 2. The van der Waals surface area contributed by atoms with Crippen LogP contribution >= 0.6 is 15.9 Å². The van der Waals surface area contributed by atoms with Crippen LogP contribution in [0.5, 0.6) is 5.75 Å². The monoisotopic (exact) mass is 528 g/mol. The first-order chi connectivity index (χ1) is 16.4. The van der Waals surface area contributed by atoms with E-state index in [1.807, 2.05) is 55.5 Å². The Morgan fingerprint density at radius 1 is 1.09 bits per heavy atom. The van der Waals surface area contributed by atoms with Gasteiger partial charge in [-0.2, -0.15) is 0 Å². The third kappa shape index (κ3) is 7.33. The van der Waals surface area contributed by atoms with Gasteiger partial charge in [0.15, 0.2) is 6.61 Å². The van der Waals surface area contributed by atoms with Gasteiger partial charge in [0.2, 0.25) is 5.91 Å². The van der Waals surface area contributed by atoms with Crippen molar-refractivity contribution in [3.8, 4) is 5.75 Å². The summed E-state index contributed by atoms with van der Waals surface area (Å²) < 4.78 is 6.73. The minimum atomic E-state index is -0.537. The molecule has 1 saturated carbocycles. The second-order valence-electron chi connectivity index (χ2n) is 9.41. The highest BCUT2D eigenvalue weighted by Crippen LogP contribution is 2.29. The van der Waals surface area contributed by atoms with Crippen LogP contribution in [-0.4, -0.2) is 35.4 Å². The van der Waals surface area contributed by atoms with Gasteiger partial charge in [0.05, 0.1) is 4.47 Å². The van der Waals surface area contributed by atoms with Crippen LogP contribution in [0.4, 0.5) is 0 Å². The Labute approximate surface area is 212 Å². The molecule has 0 bridgehead atoms. The molecule has 2 aromatic carbocycles. The number of rotatable bonds is 10. The lowest BCUT2D eigenvalue weighted by molar-refractivity contribution is -0.143. The van der Waals surface area contributed by atoms with Crippen molar-refractivity contribution in [3.63, 3.8) is 0 Å². The van der Waals surface area contributed by atoms with Crippen molar-refractivity contribution in [2.45, 2.75) is 83.8 Å². The molecule has 6 heteroatoms. The predicted octanol–water partition coefficient (Wildman–Crippen LogP) is 6.21. The standard InChI is InChI=1S/C28H37BrN2O3/c1-4-25(28(33)30-23-13-9-6-10-14-23)31(18-21-11-7-5-8-12-21)27(32)19-34-26-16-15-22(20(2)3)17-24(26)29/h5,7-8,11-12,15-17,20,23,25H,4,6,9-10,13-14,18-19H2,1-3H3,(H,30,33). The number of hydrogen-bond acceptors (Lipinski definition) is 3. The molecule has 0 saturated heterocycles. The summed E-state index contributed by atoms with van der Waals surface area (Å²) in [4.78, 5) is 28.3. The molecule has 184 valence electrons. The van der Waals surface area contributed by atoms with E-state index < -0.39 is 6.04 Å². The van der Waals surface area contributed by atoms with Gasteiger partial charge in [0.1, 0.15) is 11.8 Å². The summed E-state index contributed by atoms with van der Waals surface area (Å²) in [6.07, 6.45) is 6.09. The van der Waals surface area contributed by atoms with Gasteiger partial charge >= 0.3 is 0 Å². The third-order valence-electron chi connectivity index (χ3n) is 6.51. The summed E-state index contributed by atoms with van der Waals surface area (Å²) in [5.41, 5.74) is 2.18. The van der Waals surface area contributed by atoms with Crippen LogP contribution in [0.25, 0.3) is 0 Å². The van der Waals surface area contributed by atoms with E-state index in [1.54, 1.807) is 4.90 Å². The largest absolute Gasteiger partial charge is 0.483 e. The lowest BCUT2D eigenvalue weighted by Gasteiger charge is -2.32. The number of nitrogens with zero attached hydrogens (tertiary/aromatic N) is 1. The molecule has 1 fully saturated rings. The van der Waals surface area contributed by atoms with Crippen LogP contribution < -0.4 is 10.1 Å². The van der Waals surface area contributed by atoms with Crippen molar-refractivity contribution in [1.82, 2.24) is 10.2 Å². The normalized spacial score (nSPS) is 15.1. The Hall–Kier alpha value is -2.34. The first-order valence-electron chi connectivity index (χ1n) is 12.4. The molecule has 1 unspecified atom stereocenters. The van der Waals surface area contributed by atoms with E-state index in [2.05, 4.69) is 35.1 Å². The van der Waals surface area contributed by atoms with Crippen LogP contribution in [-0.2, 0) is 16.1 Å². The number of ether oxygens (including phenoxy) is 1. The van der Waals surface area contributed by atoms with E-state index in [0.717, 1.165) is 35.7 Å². The lowest BCUT2D eigenvalue weighted by atomic mass is 9.95. The molecule has 1 atom stereocenters. The van der Waals surface area contributed by atoms with E-state index in [9.17, 15) is 9.59 Å². The first kappa shape index (κ1) is 26.3. The van der Waals surface area contributed by atoms with Crippen LogP contribution in [0, 0.1) is 0 Å². The summed E-state index contributed by atoms with van der Waals surface area (Å²) in [5, 5.41) is 3.21. The van der Waals surface area contributed by atoms with Crippen LogP contribution in [0.1, 0.15) is 76.3 Å². The highest BCUT2D eigenvalue weighted by Gasteiger charge is 2.30. The second-order valence-corrected chi connectivity index (χ2v) is 10.3. The molecule has 2 amide bonds. The fraction of sp³-hybridized carbons (Fsp3) is 0.500. The first-order valence-corrected chi connectivity index (χ1v) is 13.2. The minimum absolute atomic E-state index is 0.0684. The highest BCUT2D eigenvalue weighted by atomic mass is 79.9. The topological polar surface area (TPSA) is 58.6 Å². The zero-order chi connectivity index (χ0) is 24.5. The van der Waals surface area contributed by atoms with Gasteiger partial charge in [-0.25, -0.2) is 0 Å². The Morgan fingerprint density at radius 3 is 2.41 bits per heavy atom. The number of halogens is 1. The molecule has 0 aliphatic heterocycles. The Kier molecular flexibility index (Phi) is 10.00. The summed E-state index contributed by atoms with van der Waals surface area (Å²) in [6.45, 7) is 6.47. The van der Waals surface area contributed by atoms with E-state index in [0.29, 0.717) is 24.6 Å². The Morgan fingerprint density at radius 2 is 1.79 bits per heavy atom. The van der Waals surface area contributed by atoms with Crippen molar-refractivity contribution in [3.05, 3.63) is 64.1 Å². The Bertz CT molecular complexity index is 942. The maximum absolute atomic E-state index is 13.4. The van der Waals surface area contributed by atoms with Gasteiger partial charge in [-0.3, -0.25) is 9.59 Å². The van der Waals surface area contributed by atoms with Crippen molar-refractivity contribution < 1.29 is 14.3 Å². The molecular weight excluding hydrogens is 492 g/mol. The quantitative estimate of drug-likeness (QED) is 0.398. The molecule has 0 aromatic heterocycles. The zero-order valence-corrected chi connectivity index (χ0v) is 22.1. The smallest absolute Gasteiger partial charge is 0.261 e. The average Bonchev–Trinajstić information content (AvgIpc) is 2.84. The van der Waals surface area contributed by atoms with E-state index in [4.69, 9.17) is 4.74 Å². The van der Waals surface area contributed by atoms with Gasteiger partial charge in [-0.15, -0.1) is 0 Å². The van der Waals surface area contributed by atoms with Crippen molar-refractivity contribution in [2.75, 3.05) is 6.61 Å². The molecule has 1 aliphatic carbocycles. The molecule has 0 heterocycles. The maximum atomic E-state index is 13.4. The molecule has 5 nitrogen and oxygen atoms in total. The van der Waals surface area contributed by atoms with Crippen LogP contribution in [0.2, 0.25) is 0 Å². The number of carbonyl (C=O) groups is 2. The van der Waals surface area contributed by atoms with E-state index in [-0.39, 0.29) is 24.5 Å². The van der Waals surface area contributed by atoms with Crippen molar-refractivity contribution in [2.24, 2.45) is 0 Å². The van der Waals surface area contributed by atoms with E-state index in [1.165, 1.54) is 12.0 Å². The molecule has 34 heavy (non-hydrogen) atoms. The average molecular weight is 530 g/mol. The van der Waals surface area contributed by atoms with Gasteiger partial charge in [-0.1, -0.05) is 76.4 Å². The highest BCUT2D eigenvalue weighted by molar-refractivity contribution is 9.10. The number of amides is 2. The third-order valence-corrected chi connectivity index (χ3v) is 7.13. The van der Waals surface area contributed by atoms with Gasteiger partial charge in [0, 0.05) is 12.6 Å². The second kappa shape index (κ2) is 12.9. The SMILES string of the molecule is CCC(C(=O)NC1CCCCC1)N(Cc1ccccc1)C(=O)COc1ccc(C(C)C)cc1Br.